The molecule has 2 unspecified atom stereocenters. The predicted molar refractivity (Wildman–Crippen MR) is 71.7 cm³/mol. The Morgan fingerprint density at radius 1 is 1.50 bits per heavy atom. The Labute approximate surface area is 109 Å². The number of rotatable bonds is 3. The lowest BCUT2D eigenvalue weighted by atomic mass is 10.0. The highest BCUT2D eigenvalue weighted by Crippen LogP contribution is 2.29. The Balaban J connectivity index is 1.93. The van der Waals surface area contributed by atoms with E-state index in [0.29, 0.717) is 11.7 Å². The Kier molecular flexibility index (Phi) is 4.67. The number of hydrogen-bond acceptors (Lipinski definition) is 3. The van der Waals surface area contributed by atoms with Crippen molar-refractivity contribution in [3.05, 3.63) is 28.5 Å². The van der Waals surface area contributed by atoms with Crippen LogP contribution in [0.15, 0.2) is 22.9 Å². The summed E-state index contributed by atoms with van der Waals surface area (Å²) in [7, 11) is 0. The number of pyridine rings is 1. The summed E-state index contributed by atoms with van der Waals surface area (Å²) in [6.07, 6.45) is 7.78. The Hall–Kier alpha value is -0.0600. The van der Waals surface area contributed by atoms with Gasteiger partial charge >= 0.3 is 0 Å². The van der Waals surface area contributed by atoms with E-state index in [4.69, 9.17) is 0 Å². The zero-order valence-electron chi connectivity index (χ0n) is 9.10. The van der Waals surface area contributed by atoms with Crippen LogP contribution in [0.1, 0.15) is 24.8 Å². The molecule has 1 N–H and O–H groups in total. The largest absolute Gasteiger partial charge is 0.392 e. The fourth-order valence-electron chi connectivity index (χ4n) is 2.01. The molecule has 1 aromatic heterocycles. The van der Waals surface area contributed by atoms with Gasteiger partial charge in [0, 0.05) is 28.5 Å². The number of hydrogen-bond donors (Lipinski definition) is 1. The van der Waals surface area contributed by atoms with Crippen molar-refractivity contribution in [3.8, 4) is 0 Å². The van der Waals surface area contributed by atoms with Crippen LogP contribution in [0.3, 0.4) is 0 Å². The molecule has 1 saturated heterocycles. The normalized spacial score (nSPS) is 23.0. The van der Waals surface area contributed by atoms with Crippen molar-refractivity contribution in [3.63, 3.8) is 0 Å². The van der Waals surface area contributed by atoms with Gasteiger partial charge in [0.1, 0.15) is 0 Å². The van der Waals surface area contributed by atoms with Gasteiger partial charge in [-0.1, -0.05) is 6.42 Å². The fourth-order valence-corrected chi connectivity index (χ4v) is 3.75. The smallest absolute Gasteiger partial charge is 0.0699 e. The standard InChI is InChI=1S/C12H16BrNOS/c13-10-5-9(7-14-8-10)6-11(15)12-3-1-2-4-16-12/h5,7-8,11-12,15H,1-4,6H2. The van der Waals surface area contributed by atoms with E-state index in [0.717, 1.165) is 16.5 Å². The van der Waals surface area contributed by atoms with Gasteiger partial charge in [-0.25, -0.2) is 0 Å². The Morgan fingerprint density at radius 3 is 3.06 bits per heavy atom. The summed E-state index contributed by atoms with van der Waals surface area (Å²) in [6.45, 7) is 0. The zero-order chi connectivity index (χ0) is 11.4. The van der Waals surface area contributed by atoms with Crippen LogP contribution < -0.4 is 0 Å². The quantitative estimate of drug-likeness (QED) is 0.931. The Bertz CT molecular complexity index is 342. The lowest BCUT2D eigenvalue weighted by molar-refractivity contribution is 0.166. The van der Waals surface area contributed by atoms with Crippen molar-refractivity contribution >= 4 is 27.7 Å². The van der Waals surface area contributed by atoms with E-state index in [1.54, 1.807) is 6.20 Å². The molecule has 1 fully saturated rings. The van der Waals surface area contributed by atoms with E-state index < -0.39 is 0 Å². The van der Waals surface area contributed by atoms with E-state index in [1.807, 2.05) is 24.0 Å². The van der Waals surface area contributed by atoms with Crippen molar-refractivity contribution in [2.45, 2.75) is 37.0 Å². The molecule has 0 radical (unpaired) electrons. The number of halogens is 1. The number of nitrogens with zero attached hydrogens (tertiary/aromatic N) is 1. The molecule has 0 aliphatic carbocycles. The second-order valence-corrected chi connectivity index (χ2v) is 6.45. The van der Waals surface area contributed by atoms with E-state index >= 15 is 0 Å². The summed E-state index contributed by atoms with van der Waals surface area (Å²) in [5.41, 5.74) is 1.10. The molecule has 4 heteroatoms. The molecular formula is C12H16BrNOS. The van der Waals surface area contributed by atoms with Crippen LogP contribution in [0.2, 0.25) is 0 Å². The van der Waals surface area contributed by atoms with Gasteiger partial charge in [0.2, 0.25) is 0 Å². The number of aliphatic hydroxyl groups excluding tert-OH is 1. The van der Waals surface area contributed by atoms with E-state index in [1.165, 1.54) is 18.6 Å². The van der Waals surface area contributed by atoms with Gasteiger partial charge in [-0.15, -0.1) is 0 Å². The van der Waals surface area contributed by atoms with Crippen molar-refractivity contribution in [1.82, 2.24) is 4.98 Å². The van der Waals surface area contributed by atoms with Gasteiger partial charge < -0.3 is 5.11 Å². The lowest BCUT2D eigenvalue weighted by Crippen LogP contribution is -2.27. The SMILES string of the molecule is OC(Cc1cncc(Br)c1)C1CCCCS1. The number of aliphatic hydroxyl groups is 1. The fraction of sp³-hybridized carbons (Fsp3) is 0.583. The molecule has 1 aliphatic heterocycles. The molecule has 0 saturated carbocycles. The first-order valence-corrected chi connectivity index (χ1v) is 7.49. The first kappa shape index (κ1) is 12.4. The minimum atomic E-state index is -0.235. The molecule has 1 aliphatic rings. The van der Waals surface area contributed by atoms with Gasteiger partial charge in [-0.05, 0) is 46.2 Å². The van der Waals surface area contributed by atoms with Crippen LogP contribution in [0.5, 0.6) is 0 Å². The van der Waals surface area contributed by atoms with E-state index in [9.17, 15) is 5.11 Å². The van der Waals surface area contributed by atoms with Crippen LogP contribution in [-0.4, -0.2) is 27.2 Å². The highest BCUT2D eigenvalue weighted by atomic mass is 79.9. The maximum Gasteiger partial charge on any atom is 0.0699 e. The van der Waals surface area contributed by atoms with Crippen LogP contribution in [-0.2, 0) is 6.42 Å². The molecule has 2 heterocycles. The van der Waals surface area contributed by atoms with E-state index in [-0.39, 0.29) is 6.10 Å². The zero-order valence-corrected chi connectivity index (χ0v) is 11.5. The maximum absolute atomic E-state index is 10.2. The van der Waals surface area contributed by atoms with Gasteiger partial charge in [0.25, 0.3) is 0 Å². The van der Waals surface area contributed by atoms with Crippen molar-refractivity contribution in [2.24, 2.45) is 0 Å². The van der Waals surface area contributed by atoms with Crippen LogP contribution >= 0.6 is 27.7 Å². The third-order valence-electron chi connectivity index (χ3n) is 2.85. The average molecular weight is 302 g/mol. The summed E-state index contributed by atoms with van der Waals surface area (Å²) in [6, 6.07) is 2.03. The maximum atomic E-state index is 10.2. The molecule has 16 heavy (non-hydrogen) atoms. The lowest BCUT2D eigenvalue weighted by Gasteiger charge is -2.26. The molecule has 2 atom stereocenters. The third kappa shape index (κ3) is 3.47. The molecule has 0 spiro atoms. The predicted octanol–water partition coefficient (Wildman–Crippen LogP) is 3.03. The summed E-state index contributed by atoms with van der Waals surface area (Å²) >= 11 is 5.31. The van der Waals surface area contributed by atoms with Crippen molar-refractivity contribution in [2.75, 3.05) is 5.75 Å². The van der Waals surface area contributed by atoms with E-state index in [2.05, 4.69) is 20.9 Å². The Morgan fingerprint density at radius 2 is 2.38 bits per heavy atom. The molecular weight excluding hydrogens is 286 g/mol. The number of thioether (sulfide) groups is 1. The first-order valence-electron chi connectivity index (χ1n) is 5.65. The molecule has 2 rings (SSSR count). The summed E-state index contributed by atoms with van der Waals surface area (Å²) in [4.78, 5) is 4.12. The van der Waals surface area contributed by atoms with Crippen LogP contribution in [0, 0.1) is 0 Å². The topological polar surface area (TPSA) is 33.1 Å². The van der Waals surface area contributed by atoms with Crippen LogP contribution in [0.4, 0.5) is 0 Å². The highest BCUT2D eigenvalue weighted by Gasteiger charge is 2.22. The highest BCUT2D eigenvalue weighted by molar-refractivity contribution is 9.10. The summed E-state index contributed by atoms with van der Waals surface area (Å²) < 4.78 is 0.980. The molecule has 1 aromatic rings. The first-order chi connectivity index (χ1) is 7.75. The van der Waals surface area contributed by atoms with Crippen molar-refractivity contribution in [1.29, 1.82) is 0 Å². The summed E-state index contributed by atoms with van der Waals surface area (Å²) in [5.74, 6) is 1.19. The minimum Gasteiger partial charge on any atom is -0.392 e. The molecule has 2 nitrogen and oxygen atoms in total. The van der Waals surface area contributed by atoms with Crippen molar-refractivity contribution < 1.29 is 5.11 Å². The van der Waals surface area contributed by atoms with Gasteiger partial charge in [0.15, 0.2) is 0 Å². The van der Waals surface area contributed by atoms with Gasteiger partial charge in [-0.3, -0.25) is 4.98 Å². The van der Waals surface area contributed by atoms with Crippen LogP contribution in [0.25, 0.3) is 0 Å². The second-order valence-electron chi connectivity index (χ2n) is 4.19. The monoisotopic (exact) mass is 301 g/mol. The molecule has 0 amide bonds. The molecule has 0 aromatic carbocycles. The minimum absolute atomic E-state index is 0.235. The van der Waals surface area contributed by atoms with Gasteiger partial charge in [-0.2, -0.15) is 11.8 Å². The average Bonchev–Trinajstić information content (AvgIpc) is 2.30. The summed E-state index contributed by atoms with van der Waals surface area (Å²) in [5, 5.41) is 10.6. The van der Waals surface area contributed by atoms with Gasteiger partial charge in [0.05, 0.1) is 6.10 Å². The molecule has 0 bridgehead atoms. The molecule has 88 valence electrons. The second kappa shape index (κ2) is 6.03. The number of aromatic nitrogens is 1. The third-order valence-corrected chi connectivity index (χ3v) is 4.79.